The molecule has 0 saturated carbocycles. The Kier molecular flexibility index (Phi) is 5.62. The summed E-state index contributed by atoms with van der Waals surface area (Å²) < 4.78 is 8.47. The standard InChI is InChI=1S/C12H22BrN3O/c1-6-9-12(13)11(16(4)15-9)7-10(14-3)8(2)17-5/h8,10,14H,6-7H2,1-5H3. The highest BCUT2D eigenvalue weighted by Crippen LogP contribution is 2.23. The van der Waals surface area contributed by atoms with Gasteiger partial charge in [-0.3, -0.25) is 4.68 Å². The molecule has 1 aromatic rings. The monoisotopic (exact) mass is 303 g/mol. The molecule has 1 heterocycles. The zero-order valence-electron chi connectivity index (χ0n) is 11.2. The van der Waals surface area contributed by atoms with E-state index in [-0.39, 0.29) is 12.1 Å². The Morgan fingerprint density at radius 1 is 1.53 bits per heavy atom. The molecule has 0 aliphatic heterocycles. The van der Waals surface area contributed by atoms with Crippen LogP contribution in [0.15, 0.2) is 4.47 Å². The Bertz CT molecular complexity index is 365. The van der Waals surface area contributed by atoms with Gasteiger partial charge in [-0.25, -0.2) is 0 Å². The summed E-state index contributed by atoms with van der Waals surface area (Å²) in [5.74, 6) is 0. The number of rotatable bonds is 6. The van der Waals surface area contributed by atoms with E-state index in [1.165, 1.54) is 5.69 Å². The third-order valence-electron chi connectivity index (χ3n) is 3.23. The van der Waals surface area contributed by atoms with E-state index in [0.717, 1.165) is 23.0 Å². The normalized spacial score (nSPS) is 14.9. The van der Waals surface area contributed by atoms with Crippen molar-refractivity contribution in [2.45, 2.75) is 38.8 Å². The van der Waals surface area contributed by atoms with Crippen molar-refractivity contribution >= 4 is 15.9 Å². The molecule has 0 bridgehead atoms. The van der Waals surface area contributed by atoms with Gasteiger partial charge in [0.15, 0.2) is 0 Å². The van der Waals surface area contributed by atoms with Crippen LogP contribution in [0.4, 0.5) is 0 Å². The molecule has 0 aliphatic rings. The van der Waals surface area contributed by atoms with E-state index in [1.54, 1.807) is 7.11 Å². The predicted octanol–water partition coefficient (Wildman–Crippen LogP) is 1.91. The third-order valence-corrected chi connectivity index (χ3v) is 4.14. The van der Waals surface area contributed by atoms with Crippen molar-refractivity contribution in [2.24, 2.45) is 7.05 Å². The van der Waals surface area contributed by atoms with Crippen LogP contribution in [0.2, 0.25) is 0 Å². The molecule has 5 heteroatoms. The fourth-order valence-corrected chi connectivity index (χ4v) is 2.70. The van der Waals surface area contributed by atoms with Gasteiger partial charge in [-0.05, 0) is 36.3 Å². The third kappa shape index (κ3) is 3.30. The highest BCUT2D eigenvalue weighted by Gasteiger charge is 2.20. The van der Waals surface area contributed by atoms with E-state index in [1.807, 2.05) is 18.8 Å². The summed E-state index contributed by atoms with van der Waals surface area (Å²) in [5, 5.41) is 7.80. The zero-order valence-corrected chi connectivity index (χ0v) is 12.8. The fraction of sp³-hybridized carbons (Fsp3) is 0.750. The maximum Gasteiger partial charge on any atom is 0.0766 e. The number of hydrogen-bond acceptors (Lipinski definition) is 3. The van der Waals surface area contributed by atoms with Crippen molar-refractivity contribution in [2.75, 3.05) is 14.2 Å². The van der Waals surface area contributed by atoms with Crippen molar-refractivity contribution in [1.82, 2.24) is 15.1 Å². The van der Waals surface area contributed by atoms with Crippen LogP contribution < -0.4 is 5.32 Å². The largest absolute Gasteiger partial charge is 0.380 e. The maximum atomic E-state index is 5.38. The van der Waals surface area contributed by atoms with Gasteiger partial charge >= 0.3 is 0 Å². The predicted molar refractivity (Wildman–Crippen MR) is 73.3 cm³/mol. The molecule has 0 saturated heterocycles. The molecule has 0 amide bonds. The van der Waals surface area contributed by atoms with E-state index in [9.17, 15) is 0 Å². The summed E-state index contributed by atoms with van der Waals surface area (Å²) >= 11 is 3.64. The Labute approximate surface area is 112 Å². The lowest BCUT2D eigenvalue weighted by Crippen LogP contribution is -2.39. The Balaban J connectivity index is 2.89. The lowest BCUT2D eigenvalue weighted by molar-refractivity contribution is 0.0850. The molecular weight excluding hydrogens is 282 g/mol. The van der Waals surface area contributed by atoms with E-state index < -0.39 is 0 Å². The topological polar surface area (TPSA) is 39.1 Å². The van der Waals surface area contributed by atoms with Crippen molar-refractivity contribution in [3.8, 4) is 0 Å². The maximum absolute atomic E-state index is 5.38. The van der Waals surface area contributed by atoms with Gasteiger partial charge in [-0.1, -0.05) is 6.92 Å². The van der Waals surface area contributed by atoms with Gasteiger partial charge in [0.05, 0.1) is 22.0 Å². The van der Waals surface area contributed by atoms with Crippen LogP contribution in [0.5, 0.6) is 0 Å². The summed E-state index contributed by atoms with van der Waals surface area (Å²) in [6, 6.07) is 0.288. The van der Waals surface area contributed by atoms with Gasteiger partial charge < -0.3 is 10.1 Å². The molecule has 0 aliphatic carbocycles. The van der Waals surface area contributed by atoms with E-state index in [0.29, 0.717) is 0 Å². The van der Waals surface area contributed by atoms with Crippen LogP contribution in [0.25, 0.3) is 0 Å². The number of likely N-dealkylation sites (N-methyl/N-ethyl adjacent to an activating group) is 1. The Morgan fingerprint density at radius 3 is 2.59 bits per heavy atom. The number of aromatic nitrogens is 2. The second-order valence-electron chi connectivity index (χ2n) is 4.22. The molecule has 2 unspecified atom stereocenters. The van der Waals surface area contributed by atoms with Crippen LogP contribution in [0.3, 0.4) is 0 Å². The number of hydrogen-bond donors (Lipinski definition) is 1. The highest BCUT2D eigenvalue weighted by atomic mass is 79.9. The molecule has 17 heavy (non-hydrogen) atoms. The first-order valence-corrected chi connectivity index (χ1v) is 6.74. The second kappa shape index (κ2) is 6.52. The second-order valence-corrected chi connectivity index (χ2v) is 5.02. The molecule has 4 nitrogen and oxygen atoms in total. The van der Waals surface area contributed by atoms with Gasteiger partial charge in [0, 0.05) is 26.6 Å². The van der Waals surface area contributed by atoms with Gasteiger partial charge in [0.25, 0.3) is 0 Å². The average molecular weight is 304 g/mol. The Morgan fingerprint density at radius 2 is 2.18 bits per heavy atom. The molecule has 0 radical (unpaired) electrons. The smallest absolute Gasteiger partial charge is 0.0766 e. The zero-order chi connectivity index (χ0) is 13.0. The molecule has 0 aromatic carbocycles. The number of methoxy groups -OCH3 is 1. The molecular formula is C12H22BrN3O. The first-order chi connectivity index (χ1) is 8.04. The minimum atomic E-state index is 0.173. The van der Waals surface area contributed by atoms with Crippen LogP contribution in [-0.2, 0) is 24.6 Å². The van der Waals surface area contributed by atoms with Crippen molar-refractivity contribution in [1.29, 1.82) is 0 Å². The van der Waals surface area contributed by atoms with Crippen molar-refractivity contribution in [3.05, 3.63) is 15.9 Å². The molecule has 0 fully saturated rings. The summed E-state index contributed by atoms with van der Waals surface area (Å²) in [6.07, 6.45) is 2.01. The van der Waals surface area contributed by atoms with Crippen molar-refractivity contribution < 1.29 is 4.74 Å². The molecule has 0 spiro atoms. The molecule has 1 aromatic heterocycles. The van der Waals surface area contributed by atoms with E-state index in [4.69, 9.17) is 4.74 Å². The summed E-state index contributed by atoms with van der Waals surface area (Å²) in [7, 11) is 5.69. The minimum absolute atomic E-state index is 0.173. The van der Waals surface area contributed by atoms with Crippen LogP contribution >= 0.6 is 15.9 Å². The van der Waals surface area contributed by atoms with Gasteiger partial charge in [-0.2, -0.15) is 5.10 Å². The number of halogens is 1. The highest BCUT2D eigenvalue weighted by molar-refractivity contribution is 9.10. The Hall–Kier alpha value is -0.390. The number of nitrogens with one attached hydrogen (secondary N) is 1. The quantitative estimate of drug-likeness (QED) is 0.872. The number of nitrogens with zero attached hydrogens (tertiary/aromatic N) is 2. The van der Waals surface area contributed by atoms with E-state index in [2.05, 4.69) is 40.2 Å². The molecule has 2 atom stereocenters. The summed E-state index contributed by atoms with van der Waals surface area (Å²) in [6.45, 7) is 4.19. The van der Waals surface area contributed by atoms with Gasteiger partial charge in [0.2, 0.25) is 0 Å². The number of ether oxygens (including phenoxy) is 1. The van der Waals surface area contributed by atoms with Gasteiger partial charge in [-0.15, -0.1) is 0 Å². The summed E-state index contributed by atoms with van der Waals surface area (Å²) in [4.78, 5) is 0. The average Bonchev–Trinajstić information content (AvgIpc) is 2.61. The first-order valence-electron chi connectivity index (χ1n) is 5.95. The lowest BCUT2D eigenvalue weighted by Gasteiger charge is -2.22. The van der Waals surface area contributed by atoms with E-state index >= 15 is 0 Å². The summed E-state index contributed by atoms with van der Waals surface area (Å²) in [5.41, 5.74) is 2.33. The van der Waals surface area contributed by atoms with Gasteiger partial charge in [0.1, 0.15) is 0 Å². The first kappa shape index (κ1) is 14.7. The SMILES string of the molecule is CCc1nn(C)c(CC(NC)C(C)OC)c1Br. The lowest BCUT2D eigenvalue weighted by atomic mass is 10.1. The van der Waals surface area contributed by atoms with Crippen LogP contribution in [-0.4, -0.2) is 36.1 Å². The fourth-order valence-electron chi connectivity index (χ4n) is 1.92. The molecule has 1 N–H and O–H groups in total. The van der Waals surface area contributed by atoms with Crippen LogP contribution in [0, 0.1) is 0 Å². The minimum Gasteiger partial charge on any atom is -0.380 e. The molecule has 1 rings (SSSR count). The molecule has 98 valence electrons. The number of aryl methyl sites for hydroxylation is 2. The van der Waals surface area contributed by atoms with Crippen molar-refractivity contribution in [3.63, 3.8) is 0 Å². The van der Waals surface area contributed by atoms with Crippen LogP contribution in [0.1, 0.15) is 25.2 Å².